The SMILES string of the molecule is NCCc1ccc(-c2cccc(C(F)(F)F)c2)cc1Cl. The van der Waals surface area contributed by atoms with Crippen LogP contribution in [0.15, 0.2) is 42.5 Å². The second-order valence-electron chi connectivity index (χ2n) is 4.42. The number of halogens is 4. The largest absolute Gasteiger partial charge is 0.416 e. The van der Waals surface area contributed by atoms with Crippen molar-refractivity contribution in [3.8, 4) is 11.1 Å². The first-order valence-corrected chi connectivity index (χ1v) is 6.46. The molecule has 0 radical (unpaired) electrons. The Hall–Kier alpha value is -1.52. The van der Waals surface area contributed by atoms with E-state index in [4.69, 9.17) is 17.3 Å². The molecule has 0 spiro atoms. The van der Waals surface area contributed by atoms with Crippen molar-refractivity contribution in [1.29, 1.82) is 0 Å². The maximum atomic E-state index is 12.7. The Labute approximate surface area is 120 Å². The fraction of sp³-hybridized carbons (Fsp3) is 0.200. The standard InChI is InChI=1S/C15H13ClF3N/c16-14-9-12(5-4-10(14)6-7-20)11-2-1-3-13(8-11)15(17,18)19/h1-5,8-9H,6-7,20H2. The van der Waals surface area contributed by atoms with Gasteiger partial charge in [0.1, 0.15) is 0 Å². The van der Waals surface area contributed by atoms with E-state index in [0.717, 1.165) is 17.7 Å². The average Bonchev–Trinajstić information content (AvgIpc) is 2.40. The monoisotopic (exact) mass is 299 g/mol. The fourth-order valence-corrected chi connectivity index (χ4v) is 2.24. The van der Waals surface area contributed by atoms with Gasteiger partial charge in [-0.3, -0.25) is 0 Å². The minimum atomic E-state index is -4.35. The molecule has 5 heteroatoms. The van der Waals surface area contributed by atoms with E-state index >= 15 is 0 Å². The predicted octanol–water partition coefficient (Wildman–Crippen LogP) is 4.53. The molecule has 2 aromatic carbocycles. The lowest BCUT2D eigenvalue weighted by Gasteiger charge is -2.10. The number of rotatable bonds is 3. The summed E-state index contributed by atoms with van der Waals surface area (Å²) in [5, 5.41) is 0.519. The molecule has 20 heavy (non-hydrogen) atoms. The van der Waals surface area contributed by atoms with Crippen molar-refractivity contribution in [3.05, 3.63) is 58.6 Å². The van der Waals surface area contributed by atoms with E-state index in [0.29, 0.717) is 29.1 Å². The molecule has 0 heterocycles. The predicted molar refractivity (Wildman–Crippen MR) is 74.6 cm³/mol. The van der Waals surface area contributed by atoms with Crippen LogP contribution >= 0.6 is 11.6 Å². The highest BCUT2D eigenvalue weighted by Crippen LogP contribution is 2.33. The molecule has 0 amide bonds. The zero-order valence-corrected chi connectivity index (χ0v) is 11.3. The van der Waals surface area contributed by atoms with Crippen LogP contribution in [0.3, 0.4) is 0 Å². The number of hydrogen-bond acceptors (Lipinski definition) is 1. The lowest BCUT2D eigenvalue weighted by atomic mass is 10.0. The lowest BCUT2D eigenvalue weighted by molar-refractivity contribution is -0.137. The van der Waals surface area contributed by atoms with E-state index in [1.807, 2.05) is 0 Å². The minimum absolute atomic E-state index is 0.475. The third-order valence-corrected chi connectivity index (χ3v) is 3.34. The molecule has 0 unspecified atom stereocenters. The van der Waals surface area contributed by atoms with Crippen LogP contribution in [0, 0.1) is 0 Å². The van der Waals surface area contributed by atoms with Crippen LogP contribution < -0.4 is 5.73 Å². The number of hydrogen-bond donors (Lipinski definition) is 1. The Morgan fingerprint density at radius 3 is 2.30 bits per heavy atom. The number of benzene rings is 2. The van der Waals surface area contributed by atoms with Crippen molar-refractivity contribution in [1.82, 2.24) is 0 Å². The highest BCUT2D eigenvalue weighted by molar-refractivity contribution is 6.31. The average molecular weight is 300 g/mol. The van der Waals surface area contributed by atoms with E-state index in [9.17, 15) is 13.2 Å². The highest BCUT2D eigenvalue weighted by atomic mass is 35.5. The van der Waals surface area contributed by atoms with Gasteiger partial charge in [-0.2, -0.15) is 13.2 Å². The zero-order chi connectivity index (χ0) is 14.8. The van der Waals surface area contributed by atoms with Crippen molar-refractivity contribution in [2.24, 2.45) is 5.73 Å². The summed E-state index contributed by atoms with van der Waals surface area (Å²) in [6, 6.07) is 10.4. The highest BCUT2D eigenvalue weighted by Gasteiger charge is 2.30. The van der Waals surface area contributed by atoms with Gasteiger partial charge in [-0.15, -0.1) is 0 Å². The summed E-state index contributed by atoms with van der Waals surface area (Å²) < 4.78 is 38.1. The fourth-order valence-electron chi connectivity index (χ4n) is 1.96. The minimum Gasteiger partial charge on any atom is -0.330 e. The molecule has 2 N–H and O–H groups in total. The second-order valence-corrected chi connectivity index (χ2v) is 4.83. The van der Waals surface area contributed by atoms with Crippen molar-refractivity contribution in [2.45, 2.75) is 12.6 Å². The van der Waals surface area contributed by atoms with Crippen molar-refractivity contribution in [3.63, 3.8) is 0 Å². The van der Waals surface area contributed by atoms with Crippen molar-refractivity contribution < 1.29 is 13.2 Å². The third kappa shape index (κ3) is 3.32. The Morgan fingerprint density at radius 2 is 1.70 bits per heavy atom. The van der Waals surface area contributed by atoms with Gasteiger partial charge >= 0.3 is 6.18 Å². The van der Waals surface area contributed by atoms with Gasteiger partial charge in [0.25, 0.3) is 0 Å². The van der Waals surface area contributed by atoms with Gasteiger partial charge < -0.3 is 5.73 Å². The molecule has 0 aromatic heterocycles. The Morgan fingerprint density at radius 1 is 1.00 bits per heavy atom. The Balaban J connectivity index is 2.39. The van der Waals surface area contributed by atoms with Gasteiger partial charge in [0.05, 0.1) is 5.56 Å². The van der Waals surface area contributed by atoms with Crippen LogP contribution in [0.1, 0.15) is 11.1 Å². The van der Waals surface area contributed by atoms with Gasteiger partial charge in [-0.1, -0.05) is 35.9 Å². The molecule has 0 bridgehead atoms. The zero-order valence-electron chi connectivity index (χ0n) is 10.5. The molecule has 0 atom stereocenters. The summed E-state index contributed by atoms with van der Waals surface area (Å²) in [6.07, 6.45) is -3.71. The molecule has 106 valence electrons. The van der Waals surface area contributed by atoms with E-state index in [1.54, 1.807) is 24.3 Å². The smallest absolute Gasteiger partial charge is 0.330 e. The van der Waals surface area contributed by atoms with Gasteiger partial charge in [0.15, 0.2) is 0 Å². The Kier molecular flexibility index (Phi) is 4.35. The first-order chi connectivity index (χ1) is 9.41. The van der Waals surface area contributed by atoms with Crippen LogP contribution in [0.25, 0.3) is 11.1 Å². The Bertz CT molecular complexity index is 608. The van der Waals surface area contributed by atoms with Gasteiger partial charge in [0.2, 0.25) is 0 Å². The summed E-state index contributed by atoms with van der Waals surface area (Å²) in [4.78, 5) is 0. The molecule has 0 saturated heterocycles. The maximum Gasteiger partial charge on any atom is 0.416 e. The van der Waals surface area contributed by atoms with Crippen molar-refractivity contribution >= 4 is 11.6 Å². The van der Waals surface area contributed by atoms with Crippen LogP contribution in [0.4, 0.5) is 13.2 Å². The number of alkyl halides is 3. The summed E-state index contributed by atoms with van der Waals surface area (Å²) in [7, 11) is 0. The molecule has 0 aliphatic carbocycles. The molecule has 1 nitrogen and oxygen atoms in total. The molecular formula is C15H13ClF3N. The van der Waals surface area contributed by atoms with Gasteiger partial charge in [-0.05, 0) is 47.9 Å². The second kappa shape index (κ2) is 5.85. The third-order valence-electron chi connectivity index (χ3n) is 2.99. The molecule has 2 aromatic rings. The molecule has 0 saturated carbocycles. The van der Waals surface area contributed by atoms with Crippen LogP contribution in [0.5, 0.6) is 0 Å². The van der Waals surface area contributed by atoms with Crippen molar-refractivity contribution in [2.75, 3.05) is 6.54 Å². The molecule has 0 fully saturated rings. The van der Waals surface area contributed by atoms with E-state index in [2.05, 4.69) is 0 Å². The van der Waals surface area contributed by atoms with Crippen LogP contribution in [0.2, 0.25) is 5.02 Å². The van der Waals surface area contributed by atoms with Gasteiger partial charge in [-0.25, -0.2) is 0 Å². The summed E-state index contributed by atoms with van der Waals surface area (Å²) in [5.74, 6) is 0. The quantitative estimate of drug-likeness (QED) is 0.885. The summed E-state index contributed by atoms with van der Waals surface area (Å²) in [6.45, 7) is 0.475. The van der Waals surface area contributed by atoms with E-state index in [-0.39, 0.29) is 0 Å². The summed E-state index contributed by atoms with van der Waals surface area (Å²) in [5.41, 5.74) is 6.83. The topological polar surface area (TPSA) is 26.0 Å². The molecule has 0 aliphatic rings. The molecular weight excluding hydrogens is 287 g/mol. The van der Waals surface area contributed by atoms with E-state index in [1.165, 1.54) is 6.07 Å². The molecule has 0 aliphatic heterocycles. The van der Waals surface area contributed by atoms with Crippen LogP contribution in [-0.4, -0.2) is 6.54 Å². The van der Waals surface area contributed by atoms with E-state index < -0.39 is 11.7 Å². The first-order valence-electron chi connectivity index (χ1n) is 6.08. The normalized spacial score (nSPS) is 11.7. The summed E-state index contributed by atoms with van der Waals surface area (Å²) >= 11 is 6.11. The lowest BCUT2D eigenvalue weighted by Crippen LogP contribution is -2.04. The number of nitrogens with two attached hydrogens (primary N) is 1. The first kappa shape index (κ1) is 14.9. The van der Waals surface area contributed by atoms with Crippen LogP contribution in [-0.2, 0) is 12.6 Å². The molecule has 2 rings (SSSR count). The maximum absolute atomic E-state index is 12.7. The van der Waals surface area contributed by atoms with Gasteiger partial charge in [0, 0.05) is 5.02 Å².